The van der Waals surface area contributed by atoms with Gasteiger partial charge in [-0.2, -0.15) is 5.10 Å². The van der Waals surface area contributed by atoms with Crippen molar-refractivity contribution in [3.8, 4) is 0 Å². The molecule has 21 heavy (non-hydrogen) atoms. The second-order valence-electron chi connectivity index (χ2n) is 6.26. The molecule has 5 nitrogen and oxygen atoms in total. The molecule has 0 radical (unpaired) electrons. The van der Waals surface area contributed by atoms with E-state index in [2.05, 4.69) is 23.4 Å². The van der Waals surface area contributed by atoms with Crippen LogP contribution < -0.4 is 5.32 Å². The second kappa shape index (κ2) is 6.92. The molecule has 0 bridgehead atoms. The highest BCUT2D eigenvalue weighted by Gasteiger charge is 2.29. The number of aromatic nitrogens is 2. The van der Waals surface area contributed by atoms with Gasteiger partial charge in [-0.15, -0.1) is 0 Å². The van der Waals surface area contributed by atoms with Crippen LogP contribution in [0.1, 0.15) is 37.6 Å². The van der Waals surface area contributed by atoms with Gasteiger partial charge < -0.3 is 5.32 Å². The highest BCUT2D eigenvalue weighted by Crippen LogP contribution is 2.24. The van der Waals surface area contributed by atoms with Crippen molar-refractivity contribution < 1.29 is 8.42 Å². The molecule has 1 saturated heterocycles. The van der Waals surface area contributed by atoms with Gasteiger partial charge in [0.1, 0.15) is 0 Å². The molecule has 0 saturated carbocycles. The molecule has 0 spiro atoms. The standard InChI is InChI=1S/C15H27N3O2S/c1-4-6-16-14(9-13-5-7-21(19,20)11-13)10-15-8-12(2)17-18(15)3/h8,13-14,16H,4-7,9-11H2,1-3H3. The molecule has 0 aromatic carbocycles. The summed E-state index contributed by atoms with van der Waals surface area (Å²) in [5, 5.41) is 7.96. The maximum absolute atomic E-state index is 11.6. The zero-order valence-corrected chi connectivity index (χ0v) is 14.1. The molecule has 1 aliphatic rings. The molecular weight excluding hydrogens is 286 g/mol. The Labute approximate surface area is 128 Å². The van der Waals surface area contributed by atoms with Gasteiger partial charge in [0.25, 0.3) is 0 Å². The van der Waals surface area contributed by atoms with E-state index < -0.39 is 9.84 Å². The fourth-order valence-electron chi connectivity index (χ4n) is 3.16. The molecule has 0 amide bonds. The lowest BCUT2D eigenvalue weighted by Crippen LogP contribution is -2.34. The first-order valence-corrected chi connectivity index (χ1v) is 9.65. The predicted octanol–water partition coefficient (Wildman–Crippen LogP) is 1.46. The Hall–Kier alpha value is -0.880. The van der Waals surface area contributed by atoms with Crippen LogP contribution in [0.5, 0.6) is 0 Å². The van der Waals surface area contributed by atoms with Crippen molar-refractivity contribution in [1.82, 2.24) is 15.1 Å². The van der Waals surface area contributed by atoms with Crippen LogP contribution in [0, 0.1) is 12.8 Å². The van der Waals surface area contributed by atoms with Crippen molar-refractivity contribution in [2.75, 3.05) is 18.1 Å². The Morgan fingerprint density at radius 1 is 1.52 bits per heavy atom. The molecular formula is C15H27N3O2S. The van der Waals surface area contributed by atoms with Gasteiger partial charge in [0.05, 0.1) is 17.2 Å². The van der Waals surface area contributed by atoms with E-state index in [1.165, 1.54) is 5.69 Å². The second-order valence-corrected chi connectivity index (χ2v) is 8.49. The summed E-state index contributed by atoms with van der Waals surface area (Å²) in [7, 11) is -0.812. The number of nitrogens with one attached hydrogen (secondary N) is 1. The first kappa shape index (κ1) is 16.5. The highest BCUT2D eigenvalue weighted by molar-refractivity contribution is 7.91. The van der Waals surface area contributed by atoms with Crippen molar-refractivity contribution >= 4 is 9.84 Å². The lowest BCUT2D eigenvalue weighted by atomic mass is 9.96. The minimum Gasteiger partial charge on any atom is -0.314 e. The average molecular weight is 313 g/mol. The summed E-state index contributed by atoms with van der Waals surface area (Å²) in [5.74, 6) is 1.03. The Bertz CT molecular complexity index is 565. The number of nitrogens with zero attached hydrogens (tertiary/aromatic N) is 2. The fourth-order valence-corrected chi connectivity index (χ4v) is 5.04. The molecule has 1 aromatic rings. The number of aryl methyl sites for hydroxylation is 2. The minimum atomic E-state index is -2.78. The molecule has 120 valence electrons. The topological polar surface area (TPSA) is 64.0 Å². The Morgan fingerprint density at radius 2 is 2.29 bits per heavy atom. The van der Waals surface area contributed by atoms with Crippen LogP contribution >= 0.6 is 0 Å². The van der Waals surface area contributed by atoms with Crippen LogP contribution in [0.2, 0.25) is 0 Å². The summed E-state index contributed by atoms with van der Waals surface area (Å²) in [6.07, 6.45) is 3.75. The monoisotopic (exact) mass is 313 g/mol. The zero-order valence-electron chi connectivity index (χ0n) is 13.3. The van der Waals surface area contributed by atoms with Gasteiger partial charge >= 0.3 is 0 Å². The lowest BCUT2D eigenvalue weighted by Gasteiger charge is -2.21. The molecule has 2 atom stereocenters. The van der Waals surface area contributed by atoms with Crippen molar-refractivity contribution in [2.45, 2.75) is 45.6 Å². The van der Waals surface area contributed by atoms with Gasteiger partial charge in [-0.1, -0.05) is 6.92 Å². The minimum absolute atomic E-state index is 0.304. The van der Waals surface area contributed by atoms with Gasteiger partial charge in [0, 0.05) is 25.2 Å². The third-order valence-corrected chi connectivity index (χ3v) is 6.02. The van der Waals surface area contributed by atoms with E-state index in [1.807, 2.05) is 18.7 Å². The first-order chi connectivity index (χ1) is 9.89. The number of hydrogen-bond acceptors (Lipinski definition) is 4. The number of hydrogen-bond donors (Lipinski definition) is 1. The van der Waals surface area contributed by atoms with E-state index in [0.717, 1.165) is 37.9 Å². The van der Waals surface area contributed by atoms with Crippen LogP contribution in [0.15, 0.2) is 6.07 Å². The van der Waals surface area contributed by atoms with Crippen molar-refractivity contribution in [3.05, 3.63) is 17.5 Å². The smallest absolute Gasteiger partial charge is 0.150 e. The third kappa shape index (κ3) is 4.81. The van der Waals surface area contributed by atoms with E-state index in [9.17, 15) is 8.42 Å². The van der Waals surface area contributed by atoms with Gasteiger partial charge in [-0.25, -0.2) is 8.42 Å². The van der Waals surface area contributed by atoms with E-state index in [1.54, 1.807) is 0 Å². The van der Waals surface area contributed by atoms with Crippen LogP contribution in [0.25, 0.3) is 0 Å². The summed E-state index contributed by atoms with van der Waals surface area (Å²) >= 11 is 0. The number of rotatable bonds is 7. The number of sulfone groups is 1. The van der Waals surface area contributed by atoms with Gasteiger partial charge in [-0.3, -0.25) is 4.68 Å². The molecule has 0 aliphatic carbocycles. The van der Waals surface area contributed by atoms with Crippen molar-refractivity contribution in [3.63, 3.8) is 0 Å². The maximum Gasteiger partial charge on any atom is 0.150 e. The Morgan fingerprint density at radius 3 is 2.81 bits per heavy atom. The van der Waals surface area contributed by atoms with Crippen LogP contribution in [-0.2, 0) is 23.3 Å². The average Bonchev–Trinajstić information content (AvgIpc) is 2.89. The van der Waals surface area contributed by atoms with E-state index in [0.29, 0.717) is 23.5 Å². The fraction of sp³-hybridized carbons (Fsp3) is 0.800. The lowest BCUT2D eigenvalue weighted by molar-refractivity contribution is 0.396. The van der Waals surface area contributed by atoms with Crippen LogP contribution in [0.4, 0.5) is 0 Å². The summed E-state index contributed by atoms with van der Waals surface area (Å²) < 4.78 is 25.2. The predicted molar refractivity (Wildman–Crippen MR) is 85.1 cm³/mol. The normalized spacial score (nSPS) is 22.5. The van der Waals surface area contributed by atoms with Gasteiger partial charge in [-0.05, 0) is 44.7 Å². The largest absolute Gasteiger partial charge is 0.314 e. The highest BCUT2D eigenvalue weighted by atomic mass is 32.2. The molecule has 6 heteroatoms. The summed E-state index contributed by atoms with van der Waals surface area (Å²) in [5.41, 5.74) is 2.24. The molecule has 1 aromatic heterocycles. The van der Waals surface area contributed by atoms with Gasteiger partial charge in [0.2, 0.25) is 0 Å². The van der Waals surface area contributed by atoms with Crippen molar-refractivity contribution in [2.24, 2.45) is 13.0 Å². The molecule has 1 N–H and O–H groups in total. The summed E-state index contributed by atoms with van der Waals surface area (Å²) in [6, 6.07) is 2.45. The van der Waals surface area contributed by atoms with E-state index >= 15 is 0 Å². The molecule has 2 rings (SSSR count). The molecule has 1 aliphatic heterocycles. The Balaban J connectivity index is 1.99. The summed E-state index contributed by atoms with van der Waals surface area (Å²) in [4.78, 5) is 0. The van der Waals surface area contributed by atoms with Crippen molar-refractivity contribution in [1.29, 1.82) is 0 Å². The van der Waals surface area contributed by atoms with E-state index in [-0.39, 0.29) is 0 Å². The molecule has 2 heterocycles. The van der Waals surface area contributed by atoms with Gasteiger partial charge in [0.15, 0.2) is 9.84 Å². The molecule has 2 unspecified atom stereocenters. The SMILES string of the molecule is CCCNC(Cc1cc(C)nn1C)CC1CCS(=O)(=O)C1. The van der Waals surface area contributed by atoms with E-state index in [4.69, 9.17) is 0 Å². The quantitative estimate of drug-likeness (QED) is 0.828. The first-order valence-electron chi connectivity index (χ1n) is 7.83. The summed E-state index contributed by atoms with van der Waals surface area (Å²) in [6.45, 7) is 5.13. The maximum atomic E-state index is 11.6. The van der Waals surface area contributed by atoms with Crippen LogP contribution in [0.3, 0.4) is 0 Å². The Kier molecular flexibility index (Phi) is 5.43. The zero-order chi connectivity index (χ0) is 15.5. The van der Waals surface area contributed by atoms with Crippen LogP contribution in [-0.4, -0.2) is 42.3 Å². The molecule has 1 fully saturated rings. The third-order valence-electron chi connectivity index (χ3n) is 4.18.